The molecule has 1 nitrogen and oxygen atoms in total. The van der Waals surface area contributed by atoms with Gasteiger partial charge in [0.05, 0.1) is 5.02 Å². The number of aromatic nitrogens is 1. The van der Waals surface area contributed by atoms with Crippen molar-refractivity contribution in [2.24, 2.45) is 0 Å². The highest BCUT2D eigenvalue weighted by Gasteiger charge is 2.03. The number of pyridine rings is 1. The van der Waals surface area contributed by atoms with E-state index in [-0.39, 0.29) is 5.02 Å². The highest BCUT2D eigenvalue weighted by molar-refractivity contribution is 6.31. The van der Waals surface area contributed by atoms with Crippen LogP contribution in [0.4, 0.5) is 4.39 Å². The van der Waals surface area contributed by atoms with Crippen LogP contribution in [-0.4, -0.2) is 4.98 Å². The Morgan fingerprint density at radius 2 is 1.94 bits per heavy atom. The molecular weight excluding hydrogens is 225 g/mol. The Bertz CT molecular complexity index is 511. The van der Waals surface area contributed by atoms with E-state index in [4.69, 9.17) is 11.6 Å². The van der Waals surface area contributed by atoms with E-state index in [1.165, 1.54) is 6.07 Å². The molecule has 1 aromatic heterocycles. The molecule has 3 heteroatoms. The van der Waals surface area contributed by atoms with E-state index in [0.29, 0.717) is 0 Å². The quantitative estimate of drug-likeness (QED) is 0.764. The molecule has 0 fully saturated rings. The molecule has 16 heavy (non-hydrogen) atoms. The number of hydrogen-bond donors (Lipinski definition) is 0. The van der Waals surface area contributed by atoms with Gasteiger partial charge in [-0.15, -0.1) is 0 Å². The Morgan fingerprint density at radius 1 is 1.19 bits per heavy atom. The first kappa shape index (κ1) is 11.1. The van der Waals surface area contributed by atoms with Crippen LogP contribution in [0.2, 0.25) is 5.02 Å². The maximum Gasteiger partial charge on any atom is 0.141 e. The summed E-state index contributed by atoms with van der Waals surface area (Å²) in [5, 5.41) is 0.146. The SMILES string of the molecule is CCc1cc(-c2ccc(F)c(Cl)c2)ccn1. The average molecular weight is 236 g/mol. The van der Waals surface area contributed by atoms with Crippen molar-refractivity contribution in [2.45, 2.75) is 13.3 Å². The van der Waals surface area contributed by atoms with Gasteiger partial charge in [0.2, 0.25) is 0 Å². The summed E-state index contributed by atoms with van der Waals surface area (Å²) in [6.07, 6.45) is 2.63. The molecule has 0 N–H and O–H groups in total. The zero-order valence-electron chi connectivity index (χ0n) is 8.87. The molecule has 0 spiro atoms. The van der Waals surface area contributed by atoms with Gasteiger partial charge in [0.15, 0.2) is 0 Å². The van der Waals surface area contributed by atoms with Crippen LogP contribution >= 0.6 is 11.6 Å². The lowest BCUT2D eigenvalue weighted by molar-refractivity contribution is 0.628. The number of rotatable bonds is 2. The van der Waals surface area contributed by atoms with Crippen LogP contribution in [0.1, 0.15) is 12.6 Å². The van der Waals surface area contributed by atoms with Crippen molar-refractivity contribution >= 4 is 11.6 Å². The summed E-state index contributed by atoms with van der Waals surface area (Å²) in [6, 6.07) is 8.61. The minimum absolute atomic E-state index is 0.146. The molecule has 0 amide bonds. The van der Waals surface area contributed by atoms with Gasteiger partial charge >= 0.3 is 0 Å². The summed E-state index contributed by atoms with van der Waals surface area (Å²) in [4.78, 5) is 4.22. The first-order chi connectivity index (χ1) is 7.70. The Hall–Kier alpha value is -1.41. The number of benzene rings is 1. The van der Waals surface area contributed by atoms with Gasteiger partial charge in [0, 0.05) is 11.9 Å². The van der Waals surface area contributed by atoms with Gasteiger partial charge in [0.25, 0.3) is 0 Å². The fraction of sp³-hybridized carbons (Fsp3) is 0.154. The molecule has 0 unspecified atom stereocenters. The molecule has 0 radical (unpaired) electrons. The van der Waals surface area contributed by atoms with E-state index in [1.54, 1.807) is 18.3 Å². The predicted octanol–water partition coefficient (Wildman–Crippen LogP) is 4.10. The third-order valence-electron chi connectivity index (χ3n) is 2.43. The van der Waals surface area contributed by atoms with Crippen LogP contribution < -0.4 is 0 Å². The van der Waals surface area contributed by atoms with Crippen LogP contribution in [0.3, 0.4) is 0 Å². The fourth-order valence-corrected chi connectivity index (χ4v) is 1.71. The zero-order chi connectivity index (χ0) is 11.5. The van der Waals surface area contributed by atoms with Crippen LogP contribution in [0, 0.1) is 5.82 Å². The molecule has 0 saturated heterocycles. The lowest BCUT2D eigenvalue weighted by Crippen LogP contribution is -1.88. The van der Waals surface area contributed by atoms with E-state index in [2.05, 4.69) is 4.98 Å². The molecule has 0 aliphatic heterocycles. The molecule has 0 aliphatic rings. The smallest absolute Gasteiger partial charge is 0.141 e. The number of aryl methyl sites for hydroxylation is 1. The second-order valence-electron chi connectivity index (χ2n) is 3.52. The van der Waals surface area contributed by atoms with Crippen molar-refractivity contribution in [3.8, 4) is 11.1 Å². The predicted molar refractivity (Wildman–Crippen MR) is 64.0 cm³/mol. The minimum Gasteiger partial charge on any atom is -0.261 e. The van der Waals surface area contributed by atoms with Gasteiger partial charge in [-0.05, 0) is 41.8 Å². The highest BCUT2D eigenvalue weighted by atomic mass is 35.5. The normalized spacial score (nSPS) is 10.4. The zero-order valence-corrected chi connectivity index (χ0v) is 9.63. The summed E-state index contributed by atoms with van der Waals surface area (Å²) in [6.45, 7) is 2.05. The number of hydrogen-bond acceptors (Lipinski definition) is 1. The van der Waals surface area contributed by atoms with Crippen LogP contribution in [0.15, 0.2) is 36.5 Å². The lowest BCUT2D eigenvalue weighted by Gasteiger charge is -2.04. The van der Waals surface area contributed by atoms with Gasteiger partial charge in [-0.2, -0.15) is 0 Å². The van der Waals surface area contributed by atoms with Crippen molar-refractivity contribution < 1.29 is 4.39 Å². The maximum atomic E-state index is 13.0. The van der Waals surface area contributed by atoms with Gasteiger partial charge in [-0.1, -0.05) is 24.6 Å². The van der Waals surface area contributed by atoms with Crippen LogP contribution in [0.25, 0.3) is 11.1 Å². The fourth-order valence-electron chi connectivity index (χ4n) is 1.53. The molecule has 2 aromatic rings. The van der Waals surface area contributed by atoms with E-state index in [9.17, 15) is 4.39 Å². The molecular formula is C13H11ClFN. The minimum atomic E-state index is -0.393. The third kappa shape index (κ3) is 2.22. The Kier molecular flexibility index (Phi) is 3.20. The summed E-state index contributed by atoms with van der Waals surface area (Å²) < 4.78 is 13.0. The van der Waals surface area contributed by atoms with Crippen molar-refractivity contribution in [1.82, 2.24) is 4.98 Å². The van der Waals surface area contributed by atoms with E-state index >= 15 is 0 Å². The molecule has 82 valence electrons. The van der Waals surface area contributed by atoms with Crippen molar-refractivity contribution in [2.75, 3.05) is 0 Å². The van der Waals surface area contributed by atoms with Gasteiger partial charge in [-0.25, -0.2) is 4.39 Å². The summed E-state index contributed by atoms with van der Waals surface area (Å²) in [7, 11) is 0. The molecule has 0 aliphatic carbocycles. The summed E-state index contributed by atoms with van der Waals surface area (Å²) in [5.41, 5.74) is 2.93. The Balaban J connectivity index is 2.46. The standard InChI is InChI=1S/C13H11ClFN/c1-2-11-7-10(5-6-16-11)9-3-4-13(15)12(14)8-9/h3-8H,2H2,1H3. The largest absolute Gasteiger partial charge is 0.261 e. The molecule has 0 atom stereocenters. The number of halogens is 2. The highest BCUT2D eigenvalue weighted by Crippen LogP contribution is 2.24. The summed E-state index contributed by atoms with van der Waals surface area (Å²) >= 11 is 5.75. The molecule has 2 rings (SSSR count). The molecule has 0 bridgehead atoms. The first-order valence-electron chi connectivity index (χ1n) is 5.11. The Labute approximate surface area is 98.9 Å². The van der Waals surface area contributed by atoms with Gasteiger partial charge in [-0.3, -0.25) is 4.98 Å². The van der Waals surface area contributed by atoms with Crippen molar-refractivity contribution in [3.05, 3.63) is 53.1 Å². The molecule has 0 saturated carbocycles. The van der Waals surface area contributed by atoms with E-state index in [0.717, 1.165) is 23.2 Å². The second kappa shape index (κ2) is 4.62. The monoisotopic (exact) mass is 235 g/mol. The Morgan fingerprint density at radius 3 is 2.62 bits per heavy atom. The molecule has 1 aromatic carbocycles. The van der Waals surface area contributed by atoms with Gasteiger partial charge < -0.3 is 0 Å². The maximum absolute atomic E-state index is 13.0. The van der Waals surface area contributed by atoms with Crippen LogP contribution in [0.5, 0.6) is 0 Å². The second-order valence-corrected chi connectivity index (χ2v) is 3.93. The first-order valence-corrected chi connectivity index (χ1v) is 5.49. The lowest BCUT2D eigenvalue weighted by atomic mass is 10.1. The third-order valence-corrected chi connectivity index (χ3v) is 2.72. The topological polar surface area (TPSA) is 12.9 Å². The van der Waals surface area contributed by atoms with E-state index < -0.39 is 5.82 Å². The molecule has 1 heterocycles. The number of nitrogens with zero attached hydrogens (tertiary/aromatic N) is 1. The van der Waals surface area contributed by atoms with E-state index in [1.807, 2.05) is 19.1 Å². The van der Waals surface area contributed by atoms with Crippen molar-refractivity contribution in [3.63, 3.8) is 0 Å². The summed E-state index contributed by atoms with van der Waals surface area (Å²) in [5.74, 6) is -0.393. The average Bonchev–Trinajstić information content (AvgIpc) is 2.33. The van der Waals surface area contributed by atoms with Crippen LogP contribution in [-0.2, 0) is 6.42 Å². The van der Waals surface area contributed by atoms with Crippen molar-refractivity contribution in [1.29, 1.82) is 0 Å². The van der Waals surface area contributed by atoms with Gasteiger partial charge in [0.1, 0.15) is 5.82 Å².